The van der Waals surface area contributed by atoms with Crippen LogP contribution < -0.4 is 0 Å². The van der Waals surface area contributed by atoms with Crippen molar-refractivity contribution in [1.82, 2.24) is 0 Å². The van der Waals surface area contributed by atoms with Gasteiger partial charge in [0.1, 0.15) is 22.9 Å². The molecule has 0 N–H and O–H groups in total. The second-order valence-corrected chi connectivity index (χ2v) is 4.42. The standard InChI is InChI=1S/C7H15IN2/c1-6(2,3)7(4,5)9-10-8/h1-5H3. The molecule has 2 nitrogen and oxygen atoms in total. The Kier molecular flexibility index (Phi) is 3.26. The van der Waals surface area contributed by atoms with Crippen LogP contribution in [0.4, 0.5) is 0 Å². The minimum Gasteiger partial charge on any atom is -0.177 e. The third-order valence-electron chi connectivity index (χ3n) is 2.12. The Morgan fingerprint density at radius 1 is 1.00 bits per heavy atom. The molecule has 10 heavy (non-hydrogen) atoms. The molecule has 0 saturated carbocycles. The zero-order valence-corrected chi connectivity index (χ0v) is 9.43. The summed E-state index contributed by atoms with van der Waals surface area (Å²) in [6, 6.07) is 0. The van der Waals surface area contributed by atoms with E-state index in [0.29, 0.717) is 0 Å². The van der Waals surface area contributed by atoms with E-state index in [0.717, 1.165) is 0 Å². The first-order chi connectivity index (χ1) is 4.31. The quantitative estimate of drug-likeness (QED) is 0.504. The zero-order chi connectivity index (χ0) is 8.41. The minimum absolute atomic E-state index is 0.0613. The molecule has 0 aromatic carbocycles. The van der Waals surface area contributed by atoms with E-state index in [1.807, 2.05) is 22.9 Å². The smallest absolute Gasteiger partial charge is 0.111 e. The Morgan fingerprint density at radius 3 is 1.50 bits per heavy atom. The van der Waals surface area contributed by atoms with Gasteiger partial charge in [0, 0.05) is 0 Å². The molecule has 3 heteroatoms. The zero-order valence-electron chi connectivity index (χ0n) is 7.27. The van der Waals surface area contributed by atoms with E-state index >= 15 is 0 Å². The van der Waals surface area contributed by atoms with Crippen LogP contribution in [-0.4, -0.2) is 5.54 Å². The molecule has 0 radical (unpaired) electrons. The highest BCUT2D eigenvalue weighted by Crippen LogP contribution is 2.33. The lowest BCUT2D eigenvalue weighted by Gasteiger charge is -2.33. The van der Waals surface area contributed by atoms with Crippen LogP contribution in [0.3, 0.4) is 0 Å². The highest BCUT2D eigenvalue weighted by molar-refractivity contribution is 14.1. The lowest BCUT2D eigenvalue weighted by molar-refractivity contribution is 0.226. The molecule has 0 aromatic heterocycles. The van der Waals surface area contributed by atoms with Gasteiger partial charge in [0.2, 0.25) is 0 Å². The van der Waals surface area contributed by atoms with E-state index in [-0.39, 0.29) is 11.0 Å². The van der Waals surface area contributed by atoms with Crippen LogP contribution in [-0.2, 0) is 0 Å². The predicted molar refractivity (Wildman–Crippen MR) is 52.4 cm³/mol. The van der Waals surface area contributed by atoms with Gasteiger partial charge in [0.25, 0.3) is 0 Å². The average Bonchev–Trinajstić information content (AvgIpc) is 1.61. The summed E-state index contributed by atoms with van der Waals surface area (Å²) in [4.78, 5) is 0. The molecule has 0 amide bonds. The average molecular weight is 254 g/mol. The molecule has 0 aliphatic rings. The van der Waals surface area contributed by atoms with Crippen molar-refractivity contribution >= 4 is 22.9 Å². The Balaban J connectivity index is 4.40. The van der Waals surface area contributed by atoms with E-state index in [4.69, 9.17) is 0 Å². The van der Waals surface area contributed by atoms with Gasteiger partial charge in [-0.05, 0) is 19.3 Å². The molecule has 0 atom stereocenters. The first-order valence-electron chi connectivity index (χ1n) is 3.34. The van der Waals surface area contributed by atoms with Crippen LogP contribution in [0.1, 0.15) is 34.6 Å². The van der Waals surface area contributed by atoms with Crippen molar-refractivity contribution in [3.63, 3.8) is 0 Å². The summed E-state index contributed by atoms with van der Waals surface area (Å²) in [5.74, 6) is 0. The van der Waals surface area contributed by atoms with E-state index < -0.39 is 0 Å². The van der Waals surface area contributed by atoms with Crippen LogP contribution in [0.2, 0.25) is 0 Å². The lowest BCUT2D eigenvalue weighted by atomic mass is 9.77. The summed E-state index contributed by atoms with van der Waals surface area (Å²) in [5, 5.41) is 4.14. The summed E-state index contributed by atoms with van der Waals surface area (Å²) >= 11 is 1.91. The van der Waals surface area contributed by atoms with E-state index in [2.05, 4.69) is 43.1 Å². The molecule has 0 fully saturated rings. The second-order valence-electron chi connectivity index (χ2n) is 3.98. The predicted octanol–water partition coefficient (Wildman–Crippen LogP) is 3.61. The number of nitrogens with zero attached hydrogens (tertiary/aromatic N) is 2. The lowest BCUT2D eigenvalue weighted by Crippen LogP contribution is -2.33. The Hall–Kier alpha value is 0.330. The Labute approximate surface area is 77.0 Å². The summed E-state index contributed by atoms with van der Waals surface area (Å²) < 4.78 is 3.77. The maximum Gasteiger partial charge on any atom is 0.111 e. The fourth-order valence-electron chi connectivity index (χ4n) is 0.244. The first-order valence-corrected chi connectivity index (χ1v) is 4.31. The Morgan fingerprint density at radius 2 is 1.40 bits per heavy atom. The van der Waals surface area contributed by atoms with Crippen LogP contribution >= 0.6 is 22.9 Å². The van der Waals surface area contributed by atoms with Crippen molar-refractivity contribution in [1.29, 1.82) is 0 Å². The fourth-order valence-corrected chi connectivity index (χ4v) is 0.784. The molecule has 0 rings (SSSR count). The SMILES string of the molecule is CC(C)(C)C(C)(C)N=NI. The monoisotopic (exact) mass is 254 g/mol. The molecule has 0 aromatic rings. The largest absolute Gasteiger partial charge is 0.177 e. The van der Waals surface area contributed by atoms with Crippen LogP contribution in [0.15, 0.2) is 8.44 Å². The van der Waals surface area contributed by atoms with Crippen LogP contribution in [0, 0.1) is 5.41 Å². The maximum atomic E-state index is 4.14. The van der Waals surface area contributed by atoms with Gasteiger partial charge in [0.15, 0.2) is 0 Å². The van der Waals surface area contributed by atoms with Gasteiger partial charge in [-0.15, -0.1) is 3.33 Å². The van der Waals surface area contributed by atoms with E-state index in [9.17, 15) is 0 Å². The molecule has 60 valence electrons. The number of halogens is 1. The molecule has 0 bridgehead atoms. The van der Waals surface area contributed by atoms with E-state index in [1.165, 1.54) is 0 Å². The van der Waals surface area contributed by atoms with Crippen molar-refractivity contribution in [2.75, 3.05) is 0 Å². The fraction of sp³-hybridized carbons (Fsp3) is 1.00. The molecule has 0 aliphatic carbocycles. The second kappa shape index (κ2) is 3.15. The summed E-state index contributed by atoms with van der Waals surface area (Å²) in [6.45, 7) is 10.7. The van der Waals surface area contributed by atoms with Gasteiger partial charge in [-0.1, -0.05) is 20.8 Å². The normalized spacial score (nSPS) is 14.6. The van der Waals surface area contributed by atoms with Gasteiger partial charge in [-0.25, -0.2) is 0 Å². The molecular weight excluding hydrogens is 239 g/mol. The Bertz CT molecular complexity index is 133. The number of hydrogen-bond donors (Lipinski definition) is 0. The van der Waals surface area contributed by atoms with Crippen molar-refractivity contribution in [2.45, 2.75) is 40.2 Å². The topological polar surface area (TPSA) is 24.7 Å². The molecular formula is C7H15IN2. The van der Waals surface area contributed by atoms with Gasteiger partial charge >= 0.3 is 0 Å². The van der Waals surface area contributed by atoms with Gasteiger partial charge in [-0.3, -0.25) is 0 Å². The third-order valence-corrected chi connectivity index (χ3v) is 2.34. The van der Waals surface area contributed by atoms with E-state index in [1.54, 1.807) is 0 Å². The summed E-state index contributed by atoms with van der Waals surface area (Å²) in [5.41, 5.74) is 0.121. The molecule has 0 spiro atoms. The van der Waals surface area contributed by atoms with Crippen molar-refractivity contribution in [3.05, 3.63) is 0 Å². The van der Waals surface area contributed by atoms with Gasteiger partial charge in [-0.2, -0.15) is 5.11 Å². The third kappa shape index (κ3) is 2.52. The molecule has 0 aliphatic heterocycles. The molecule has 0 unspecified atom stereocenters. The number of hydrogen-bond acceptors (Lipinski definition) is 2. The van der Waals surface area contributed by atoms with Gasteiger partial charge in [0.05, 0.1) is 5.54 Å². The minimum atomic E-state index is -0.0613. The highest BCUT2D eigenvalue weighted by atomic mass is 127. The maximum absolute atomic E-state index is 4.14. The van der Waals surface area contributed by atoms with Crippen LogP contribution in [0.5, 0.6) is 0 Å². The van der Waals surface area contributed by atoms with Crippen molar-refractivity contribution < 1.29 is 0 Å². The van der Waals surface area contributed by atoms with Gasteiger partial charge < -0.3 is 0 Å². The van der Waals surface area contributed by atoms with Crippen LogP contribution in [0.25, 0.3) is 0 Å². The number of rotatable bonds is 1. The summed E-state index contributed by atoms with van der Waals surface area (Å²) in [6.07, 6.45) is 0. The van der Waals surface area contributed by atoms with Crippen molar-refractivity contribution in [2.24, 2.45) is 13.9 Å². The first kappa shape index (κ1) is 10.3. The summed E-state index contributed by atoms with van der Waals surface area (Å²) in [7, 11) is 0. The highest BCUT2D eigenvalue weighted by Gasteiger charge is 2.32. The molecule has 0 heterocycles. The molecule has 0 saturated heterocycles. The van der Waals surface area contributed by atoms with Crippen molar-refractivity contribution in [3.8, 4) is 0 Å².